The van der Waals surface area contributed by atoms with Crippen LogP contribution in [0.3, 0.4) is 0 Å². The number of rotatable bonds is 6. The van der Waals surface area contributed by atoms with E-state index in [0.29, 0.717) is 30.0 Å². The van der Waals surface area contributed by atoms with Gasteiger partial charge in [0.25, 0.3) is 0 Å². The maximum atomic E-state index is 13.2. The first-order valence-corrected chi connectivity index (χ1v) is 13.8. The van der Waals surface area contributed by atoms with Crippen LogP contribution in [-0.4, -0.2) is 44.3 Å². The zero-order chi connectivity index (χ0) is 23.6. The highest BCUT2D eigenvalue weighted by Crippen LogP contribution is 2.39. The topological polar surface area (TPSA) is 92.8 Å². The zero-order valence-electron chi connectivity index (χ0n) is 19.1. The van der Waals surface area contributed by atoms with Crippen LogP contribution in [0.5, 0.6) is 0 Å². The molecule has 7 nitrogen and oxygen atoms in total. The summed E-state index contributed by atoms with van der Waals surface area (Å²) in [5.41, 5.74) is 2.46. The Balaban J connectivity index is 1.53. The van der Waals surface area contributed by atoms with Crippen LogP contribution < -0.4 is 5.32 Å². The van der Waals surface area contributed by atoms with E-state index in [0.717, 1.165) is 41.7 Å². The minimum atomic E-state index is -3.67. The first-order valence-electron chi connectivity index (χ1n) is 11.5. The van der Waals surface area contributed by atoms with Crippen LogP contribution in [0.25, 0.3) is 0 Å². The molecule has 0 saturated carbocycles. The van der Waals surface area contributed by atoms with Crippen molar-refractivity contribution in [3.05, 3.63) is 45.8 Å². The molecule has 178 valence electrons. The summed E-state index contributed by atoms with van der Waals surface area (Å²) in [6.07, 6.45) is 4.99. The predicted octanol–water partition coefficient (Wildman–Crippen LogP) is 4.15. The van der Waals surface area contributed by atoms with E-state index in [1.807, 2.05) is 6.92 Å². The summed E-state index contributed by atoms with van der Waals surface area (Å²) in [7, 11) is -3.67. The van der Waals surface area contributed by atoms with Gasteiger partial charge in [0.15, 0.2) is 0 Å². The molecule has 9 heteroatoms. The maximum absolute atomic E-state index is 13.2. The number of esters is 1. The number of anilines is 1. The lowest BCUT2D eigenvalue weighted by Gasteiger charge is -2.31. The molecule has 1 saturated heterocycles. The quantitative estimate of drug-likeness (QED) is 0.614. The van der Waals surface area contributed by atoms with Gasteiger partial charge in [0.1, 0.15) is 5.00 Å². The number of ether oxygens (including phenoxy) is 1. The van der Waals surface area contributed by atoms with Crippen LogP contribution in [0.2, 0.25) is 0 Å². The summed E-state index contributed by atoms with van der Waals surface area (Å²) in [5, 5.41) is 3.48. The van der Waals surface area contributed by atoms with Crippen molar-refractivity contribution in [2.75, 3.05) is 25.0 Å². The van der Waals surface area contributed by atoms with E-state index in [1.54, 1.807) is 31.2 Å². The third-order valence-corrected chi connectivity index (χ3v) is 9.39. The number of hydrogen-bond acceptors (Lipinski definition) is 6. The van der Waals surface area contributed by atoms with Crippen LogP contribution in [0.15, 0.2) is 29.2 Å². The van der Waals surface area contributed by atoms with E-state index in [4.69, 9.17) is 4.74 Å². The van der Waals surface area contributed by atoms with E-state index in [-0.39, 0.29) is 24.0 Å². The molecule has 1 aliphatic carbocycles. The van der Waals surface area contributed by atoms with Crippen molar-refractivity contribution in [2.45, 2.75) is 57.3 Å². The Morgan fingerprint density at radius 2 is 1.88 bits per heavy atom. The Kier molecular flexibility index (Phi) is 7.21. The normalized spacial score (nSPS) is 19.0. The molecule has 0 unspecified atom stereocenters. The largest absolute Gasteiger partial charge is 0.462 e. The van der Waals surface area contributed by atoms with Crippen LogP contribution in [0, 0.1) is 12.8 Å². The Hall–Kier alpha value is -2.23. The van der Waals surface area contributed by atoms with Crippen molar-refractivity contribution in [1.82, 2.24) is 4.31 Å². The molecule has 0 bridgehead atoms. The SMILES string of the molecule is CCOC(=O)c1c(NC(=O)[C@H]2CCCN(S(=O)(=O)c3ccc(C)cc3)C2)sc2c1CCCC2. The van der Waals surface area contributed by atoms with Crippen molar-refractivity contribution < 1.29 is 22.7 Å². The number of piperidine rings is 1. The van der Waals surface area contributed by atoms with Gasteiger partial charge in [-0.3, -0.25) is 4.79 Å². The molecule has 1 fully saturated rings. The van der Waals surface area contributed by atoms with Crippen molar-refractivity contribution >= 4 is 38.2 Å². The summed E-state index contributed by atoms with van der Waals surface area (Å²) in [6, 6.07) is 6.76. The Labute approximate surface area is 199 Å². The van der Waals surface area contributed by atoms with Gasteiger partial charge in [-0.05, 0) is 70.1 Å². The van der Waals surface area contributed by atoms with Gasteiger partial charge < -0.3 is 10.1 Å². The number of carbonyl (C=O) groups is 2. The highest BCUT2D eigenvalue weighted by Gasteiger charge is 2.35. The van der Waals surface area contributed by atoms with Crippen molar-refractivity contribution in [3.63, 3.8) is 0 Å². The first kappa shape index (κ1) is 23.9. The molecule has 1 atom stereocenters. The number of thiophene rings is 1. The second-order valence-electron chi connectivity index (χ2n) is 8.64. The van der Waals surface area contributed by atoms with Gasteiger partial charge in [-0.25, -0.2) is 13.2 Å². The lowest BCUT2D eigenvalue weighted by Crippen LogP contribution is -2.43. The number of benzene rings is 1. The molecular formula is C24H30N2O5S2. The number of carbonyl (C=O) groups excluding carboxylic acids is 2. The third-order valence-electron chi connectivity index (χ3n) is 6.30. The number of amides is 1. The fourth-order valence-corrected chi connectivity index (χ4v) is 7.33. The summed E-state index contributed by atoms with van der Waals surface area (Å²) < 4.78 is 32.9. The number of hydrogen-bond donors (Lipinski definition) is 1. The molecule has 1 N–H and O–H groups in total. The highest BCUT2D eigenvalue weighted by molar-refractivity contribution is 7.89. The molecule has 0 spiro atoms. The van der Waals surface area contributed by atoms with Crippen LogP contribution in [0.1, 0.15) is 59.0 Å². The summed E-state index contributed by atoms with van der Waals surface area (Å²) in [5.74, 6) is -1.13. The molecule has 0 radical (unpaired) electrons. The molecule has 1 aromatic carbocycles. The van der Waals surface area contributed by atoms with Crippen molar-refractivity contribution in [2.24, 2.45) is 5.92 Å². The molecule has 2 heterocycles. The van der Waals surface area contributed by atoms with Crippen LogP contribution in [0.4, 0.5) is 5.00 Å². The zero-order valence-corrected chi connectivity index (χ0v) is 20.7. The second kappa shape index (κ2) is 9.95. The Morgan fingerprint density at radius 3 is 2.61 bits per heavy atom. The highest BCUT2D eigenvalue weighted by atomic mass is 32.2. The smallest absolute Gasteiger partial charge is 0.341 e. The number of sulfonamides is 1. The minimum Gasteiger partial charge on any atom is -0.462 e. The molecule has 2 aliphatic rings. The fourth-order valence-electron chi connectivity index (χ4n) is 4.52. The maximum Gasteiger partial charge on any atom is 0.341 e. The van der Waals surface area contributed by atoms with E-state index in [1.165, 1.54) is 15.6 Å². The number of nitrogens with zero attached hydrogens (tertiary/aromatic N) is 1. The lowest BCUT2D eigenvalue weighted by atomic mass is 9.95. The number of nitrogens with one attached hydrogen (secondary N) is 1. The van der Waals surface area contributed by atoms with E-state index < -0.39 is 21.9 Å². The number of aryl methyl sites for hydroxylation is 2. The Morgan fingerprint density at radius 1 is 1.15 bits per heavy atom. The molecule has 2 aromatic rings. The average Bonchev–Trinajstić information content (AvgIpc) is 3.17. The van der Waals surface area contributed by atoms with Gasteiger partial charge >= 0.3 is 5.97 Å². The number of fused-ring (bicyclic) bond motifs is 1. The van der Waals surface area contributed by atoms with Gasteiger partial charge in [0.05, 0.1) is 23.0 Å². The van der Waals surface area contributed by atoms with E-state index in [2.05, 4.69) is 5.32 Å². The molecule has 33 heavy (non-hydrogen) atoms. The Bertz CT molecular complexity index is 1140. The van der Waals surface area contributed by atoms with Crippen LogP contribution >= 0.6 is 11.3 Å². The standard InChI is InChI=1S/C24H30N2O5S2/c1-3-31-24(28)21-19-8-4-5-9-20(19)32-23(21)25-22(27)17-7-6-14-26(15-17)33(29,30)18-12-10-16(2)11-13-18/h10-13,17H,3-9,14-15H2,1-2H3,(H,25,27)/t17-/m0/s1. The predicted molar refractivity (Wildman–Crippen MR) is 128 cm³/mol. The minimum absolute atomic E-state index is 0.127. The molecule has 4 rings (SSSR count). The average molecular weight is 491 g/mol. The van der Waals surface area contributed by atoms with E-state index in [9.17, 15) is 18.0 Å². The van der Waals surface area contributed by atoms with E-state index >= 15 is 0 Å². The first-order chi connectivity index (χ1) is 15.8. The van der Waals surface area contributed by atoms with Crippen molar-refractivity contribution in [3.8, 4) is 0 Å². The monoisotopic (exact) mass is 490 g/mol. The van der Waals surface area contributed by atoms with Gasteiger partial charge in [0, 0.05) is 18.0 Å². The van der Waals surface area contributed by atoms with Crippen LogP contribution in [-0.2, 0) is 32.4 Å². The van der Waals surface area contributed by atoms with Gasteiger partial charge in [-0.2, -0.15) is 4.31 Å². The fraction of sp³-hybridized carbons (Fsp3) is 0.500. The summed E-state index contributed by atoms with van der Waals surface area (Å²) in [6.45, 7) is 4.46. The second-order valence-corrected chi connectivity index (χ2v) is 11.7. The summed E-state index contributed by atoms with van der Waals surface area (Å²) >= 11 is 1.45. The summed E-state index contributed by atoms with van der Waals surface area (Å²) in [4.78, 5) is 27.2. The van der Waals surface area contributed by atoms with Gasteiger partial charge in [0.2, 0.25) is 15.9 Å². The molecular weight excluding hydrogens is 460 g/mol. The molecule has 1 amide bonds. The van der Waals surface area contributed by atoms with Crippen molar-refractivity contribution in [1.29, 1.82) is 0 Å². The molecule has 1 aromatic heterocycles. The van der Waals surface area contributed by atoms with Gasteiger partial charge in [-0.1, -0.05) is 17.7 Å². The third kappa shape index (κ3) is 5.00. The van der Waals surface area contributed by atoms with Gasteiger partial charge in [-0.15, -0.1) is 11.3 Å². The molecule has 1 aliphatic heterocycles. The lowest BCUT2D eigenvalue weighted by molar-refractivity contribution is -0.120.